The maximum atomic E-state index is 11.5. The Balaban J connectivity index is 1.62. The minimum atomic E-state index is -0.449. The van der Waals surface area contributed by atoms with Crippen LogP contribution < -0.4 is 5.32 Å². The van der Waals surface area contributed by atoms with E-state index in [-0.39, 0.29) is 5.97 Å². The Hall–Kier alpha value is -2.91. The number of hydrogen-bond donors (Lipinski definition) is 1. The highest BCUT2D eigenvalue weighted by atomic mass is 32.1. The van der Waals surface area contributed by atoms with Crippen LogP contribution in [0.15, 0.2) is 54.6 Å². The summed E-state index contributed by atoms with van der Waals surface area (Å²) in [5.74, 6) is -0.367. The van der Waals surface area contributed by atoms with Gasteiger partial charge in [-0.2, -0.15) is 5.26 Å². The molecule has 0 aromatic heterocycles. The highest BCUT2D eigenvalue weighted by molar-refractivity contribution is 7.80. The molecule has 6 heteroatoms. The molecule has 5 nitrogen and oxygen atoms in total. The lowest BCUT2D eigenvalue weighted by Crippen LogP contribution is -2.46. The first-order chi connectivity index (χ1) is 13.1. The normalized spacial score (nSPS) is 15.5. The van der Waals surface area contributed by atoms with E-state index in [0.29, 0.717) is 23.8 Å². The molecule has 0 bridgehead atoms. The number of nitriles is 1. The lowest BCUT2D eigenvalue weighted by Gasteiger charge is -2.38. The van der Waals surface area contributed by atoms with E-state index in [1.54, 1.807) is 24.3 Å². The van der Waals surface area contributed by atoms with E-state index in [0.717, 1.165) is 24.1 Å². The predicted octanol–water partition coefficient (Wildman–Crippen LogP) is 3.73. The zero-order chi connectivity index (χ0) is 19.3. The van der Waals surface area contributed by atoms with Crippen LogP contribution in [0, 0.1) is 11.3 Å². The summed E-state index contributed by atoms with van der Waals surface area (Å²) >= 11 is 5.53. The lowest BCUT2D eigenvalue weighted by atomic mass is 9.74. The molecule has 0 saturated carbocycles. The molecule has 0 atom stereocenters. The molecule has 1 saturated heterocycles. The van der Waals surface area contributed by atoms with E-state index in [2.05, 4.69) is 16.3 Å². The number of esters is 1. The van der Waals surface area contributed by atoms with Crippen molar-refractivity contribution in [1.82, 2.24) is 4.90 Å². The highest BCUT2D eigenvalue weighted by Gasteiger charge is 2.36. The molecule has 2 aromatic carbocycles. The minimum Gasteiger partial charge on any atom is -0.465 e. The van der Waals surface area contributed by atoms with Gasteiger partial charge < -0.3 is 15.0 Å². The van der Waals surface area contributed by atoms with Gasteiger partial charge in [-0.15, -0.1) is 0 Å². The van der Waals surface area contributed by atoms with Gasteiger partial charge in [-0.25, -0.2) is 4.79 Å². The van der Waals surface area contributed by atoms with Gasteiger partial charge in [0.15, 0.2) is 5.11 Å². The molecular formula is C21H21N3O2S. The minimum absolute atomic E-state index is 0.367. The van der Waals surface area contributed by atoms with Crippen molar-refractivity contribution >= 4 is 29.0 Å². The number of anilines is 1. The Morgan fingerprint density at radius 2 is 1.78 bits per heavy atom. The number of nitrogens with zero attached hydrogens (tertiary/aromatic N) is 2. The molecule has 0 amide bonds. The van der Waals surface area contributed by atoms with E-state index in [9.17, 15) is 10.1 Å². The molecule has 1 aliphatic heterocycles. The SMILES string of the molecule is COC(=O)c1ccc(NC(=S)N2CCC(C#N)(c3ccccc3)CC2)cc1. The molecule has 0 spiro atoms. The Morgan fingerprint density at radius 3 is 2.33 bits per heavy atom. The standard InChI is InChI=1S/C21H21N3O2S/c1-26-19(25)16-7-9-18(10-8-16)23-20(27)24-13-11-21(15-22,12-14-24)17-5-3-2-4-6-17/h2-10H,11-14H2,1H3,(H,23,27). The van der Waals surface area contributed by atoms with E-state index < -0.39 is 5.41 Å². The summed E-state index contributed by atoms with van der Waals surface area (Å²) in [4.78, 5) is 13.6. The van der Waals surface area contributed by atoms with Crippen LogP contribution in [0.25, 0.3) is 0 Å². The van der Waals surface area contributed by atoms with Crippen molar-refractivity contribution < 1.29 is 9.53 Å². The zero-order valence-corrected chi connectivity index (χ0v) is 16.0. The molecule has 27 heavy (non-hydrogen) atoms. The van der Waals surface area contributed by atoms with Gasteiger partial charge in [0.25, 0.3) is 0 Å². The van der Waals surface area contributed by atoms with Gasteiger partial charge in [0, 0.05) is 18.8 Å². The molecule has 1 aliphatic rings. The maximum Gasteiger partial charge on any atom is 0.337 e. The molecule has 1 N–H and O–H groups in total. The second-order valence-electron chi connectivity index (χ2n) is 6.55. The fourth-order valence-electron chi connectivity index (χ4n) is 3.32. The third kappa shape index (κ3) is 4.09. The average molecular weight is 379 g/mol. The predicted molar refractivity (Wildman–Crippen MR) is 109 cm³/mol. The van der Waals surface area contributed by atoms with Crippen LogP contribution in [0.4, 0.5) is 5.69 Å². The summed E-state index contributed by atoms with van der Waals surface area (Å²) in [6, 6.07) is 19.5. The van der Waals surface area contributed by atoms with Gasteiger partial charge in [-0.05, 0) is 54.9 Å². The van der Waals surface area contributed by atoms with Crippen molar-refractivity contribution in [3.8, 4) is 6.07 Å². The second-order valence-corrected chi connectivity index (χ2v) is 6.93. The number of piperidine rings is 1. The number of thiocarbonyl (C=S) groups is 1. The van der Waals surface area contributed by atoms with Gasteiger partial charge in [-0.3, -0.25) is 0 Å². The Kier molecular flexibility index (Phi) is 5.72. The molecule has 0 unspecified atom stereocenters. The zero-order valence-electron chi connectivity index (χ0n) is 15.1. The van der Waals surface area contributed by atoms with Crippen molar-refractivity contribution in [2.75, 3.05) is 25.5 Å². The number of carbonyl (C=O) groups is 1. The largest absolute Gasteiger partial charge is 0.465 e. The summed E-state index contributed by atoms with van der Waals surface area (Å²) in [5.41, 5.74) is 1.93. The fourth-order valence-corrected chi connectivity index (χ4v) is 3.62. The van der Waals surface area contributed by atoms with Gasteiger partial charge in [0.1, 0.15) is 0 Å². The Morgan fingerprint density at radius 1 is 1.15 bits per heavy atom. The number of benzene rings is 2. The number of methoxy groups -OCH3 is 1. The van der Waals surface area contributed by atoms with Crippen molar-refractivity contribution in [3.05, 3.63) is 65.7 Å². The number of rotatable bonds is 3. The molecule has 138 valence electrons. The Labute approximate surface area is 164 Å². The van der Waals surface area contributed by atoms with Gasteiger partial charge in [0.2, 0.25) is 0 Å². The molecule has 1 heterocycles. The van der Waals surface area contributed by atoms with E-state index >= 15 is 0 Å². The fraction of sp³-hybridized carbons (Fsp3) is 0.286. The number of carbonyl (C=O) groups excluding carboxylic acids is 1. The molecule has 0 aliphatic carbocycles. The number of nitrogens with one attached hydrogen (secondary N) is 1. The first-order valence-electron chi connectivity index (χ1n) is 8.79. The van der Waals surface area contributed by atoms with Crippen LogP contribution in [-0.4, -0.2) is 36.2 Å². The maximum absolute atomic E-state index is 11.5. The Bertz CT molecular complexity index is 851. The van der Waals surface area contributed by atoms with E-state index in [1.165, 1.54) is 7.11 Å². The van der Waals surface area contributed by atoms with Crippen LogP contribution in [0.3, 0.4) is 0 Å². The first-order valence-corrected chi connectivity index (χ1v) is 9.20. The van der Waals surface area contributed by atoms with Crippen LogP contribution in [-0.2, 0) is 10.2 Å². The second kappa shape index (κ2) is 8.19. The third-order valence-electron chi connectivity index (χ3n) is 5.00. The third-order valence-corrected chi connectivity index (χ3v) is 5.36. The molecule has 2 aromatic rings. The van der Waals surface area contributed by atoms with Crippen LogP contribution in [0.1, 0.15) is 28.8 Å². The summed E-state index contributed by atoms with van der Waals surface area (Å²) in [5, 5.41) is 13.6. The molecular weight excluding hydrogens is 358 g/mol. The summed E-state index contributed by atoms with van der Waals surface area (Å²) in [6.07, 6.45) is 1.47. The van der Waals surface area contributed by atoms with Crippen LogP contribution in [0.5, 0.6) is 0 Å². The lowest BCUT2D eigenvalue weighted by molar-refractivity contribution is 0.0601. The quantitative estimate of drug-likeness (QED) is 0.648. The van der Waals surface area contributed by atoms with Crippen LogP contribution in [0.2, 0.25) is 0 Å². The van der Waals surface area contributed by atoms with Crippen molar-refractivity contribution in [1.29, 1.82) is 5.26 Å². The van der Waals surface area contributed by atoms with E-state index in [4.69, 9.17) is 17.0 Å². The molecule has 3 rings (SSSR count). The topological polar surface area (TPSA) is 65.4 Å². The van der Waals surface area contributed by atoms with Crippen LogP contribution >= 0.6 is 12.2 Å². The number of hydrogen-bond acceptors (Lipinski definition) is 4. The van der Waals surface area contributed by atoms with Crippen molar-refractivity contribution in [3.63, 3.8) is 0 Å². The highest BCUT2D eigenvalue weighted by Crippen LogP contribution is 2.35. The number of likely N-dealkylation sites (tertiary alicyclic amines) is 1. The van der Waals surface area contributed by atoms with Crippen molar-refractivity contribution in [2.24, 2.45) is 0 Å². The average Bonchev–Trinajstić information content (AvgIpc) is 2.74. The van der Waals surface area contributed by atoms with Crippen molar-refractivity contribution in [2.45, 2.75) is 18.3 Å². The van der Waals surface area contributed by atoms with Gasteiger partial charge in [-0.1, -0.05) is 30.3 Å². The molecule has 1 fully saturated rings. The van der Waals surface area contributed by atoms with Gasteiger partial charge in [0.05, 0.1) is 24.2 Å². The smallest absolute Gasteiger partial charge is 0.337 e. The summed E-state index contributed by atoms with van der Waals surface area (Å²) < 4.78 is 4.70. The molecule has 0 radical (unpaired) electrons. The summed E-state index contributed by atoms with van der Waals surface area (Å²) in [7, 11) is 1.36. The summed E-state index contributed by atoms with van der Waals surface area (Å²) in [6.45, 7) is 1.43. The monoisotopic (exact) mass is 379 g/mol. The first kappa shape index (κ1) is 18.9. The van der Waals surface area contributed by atoms with E-state index in [1.807, 2.05) is 30.3 Å². The number of ether oxygens (including phenoxy) is 1. The van der Waals surface area contributed by atoms with Gasteiger partial charge >= 0.3 is 5.97 Å².